The van der Waals surface area contributed by atoms with Crippen LogP contribution in [0.5, 0.6) is 0 Å². The van der Waals surface area contributed by atoms with Crippen LogP contribution in [0, 0.1) is 11.8 Å². The van der Waals surface area contributed by atoms with E-state index in [2.05, 4.69) is 34.6 Å². The van der Waals surface area contributed by atoms with Gasteiger partial charge in [0.25, 0.3) is 0 Å². The van der Waals surface area contributed by atoms with E-state index in [1.807, 2.05) is 0 Å². The first-order valence-corrected chi connectivity index (χ1v) is 29.8. The van der Waals surface area contributed by atoms with Crippen molar-refractivity contribution in [3.8, 4) is 0 Å². The summed E-state index contributed by atoms with van der Waals surface area (Å²) >= 11 is 0. The van der Waals surface area contributed by atoms with Gasteiger partial charge < -0.3 is 14.2 Å². The third-order valence-electron chi connectivity index (χ3n) is 14.1. The van der Waals surface area contributed by atoms with Gasteiger partial charge in [-0.1, -0.05) is 298 Å². The molecule has 0 aromatic rings. The number of hydrogen-bond acceptors (Lipinski definition) is 6. The molecular weight excluding hydrogens is 817 g/mol. The normalized spacial score (nSPS) is 12.5. The molecule has 66 heavy (non-hydrogen) atoms. The van der Waals surface area contributed by atoms with Crippen LogP contribution in [0.1, 0.15) is 336 Å². The minimum absolute atomic E-state index is 0.0629. The second-order valence-corrected chi connectivity index (χ2v) is 21.4. The van der Waals surface area contributed by atoms with Crippen molar-refractivity contribution in [3.63, 3.8) is 0 Å². The third-order valence-corrected chi connectivity index (χ3v) is 14.1. The smallest absolute Gasteiger partial charge is 0.306 e. The summed E-state index contributed by atoms with van der Waals surface area (Å²) in [4.78, 5) is 38.0. The summed E-state index contributed by atoms with van der Waals surface area (Å²) in [5.74, 6) is 0.917. The number of rotatable bonds is 54. The molecule has 0 saturated carbocycles. The Morgan fingerprint density at radius 1 is 0.318 bits per heavy atom. The van der Waals surface area contributed by atoms with Crippen molar-refractivity contribution in [3.05, 3.63) is 0 Å². The van der Waals surface area contributed by atoms with Crippen LogP contribution in [0.3, 0.4) is 0 Å². The fourth-order valence-corrected chi connectivity index (χ4v) is 9.20. The average molecular weight is 934 g/mol. The lowest BCUT2D eigenvalue weighted by Crippen LogP contribution is -2.30. The Bertz CT molecular complexity index is 1010. The molecule has 0 heterocycles. The molecule has 0 spiro atoms. The van der Waals surface area contributed by atoms with E-state index in [0.717, 1.165) is 69.6 Å². The van der Waals surface area contributed by atoms with Gasteiger partial charge in [0.1, 0.15) is 13.2 Å². The predicted molar refractivity (Wildman–Crippen MR) is 284 cm³/mol. The van der Waals surface area contributed by atoms with E-state index in [9.17, 15) is 14.4 Å². The fraction of sp³-hybridized carbons (Fsp3) is 0.950. The Morgan fingerprint density at radius 2 is 0.576 bits per heavy atom. The summed E-state index contributed by atoms with van der Waals surface area (Å²) in [6.07, 6.45) is 56.8. The standard InChI is InChI=1S/C60H116O6/c1-6-8-9-10-33-40-45-50-58(61)64-53-57(54-65-59(62)51-46-41-36-31-27-23-19-16-15-17-21-25-29-34-38-43-48-55(3)4)66-60(63)52-47-42-37-32-28-24-20-14-12-11-13-18-22-26-30-35-39-44-49-56(5)7-2/h55-57H,6-54H2,1-5H3/t56?,57-/m0/s1. The lowest BCUT2D eigenvalue weighted by Gasteiger charge is -2.18. The predicted octanol–water partition coefficient (Wildman–Crippen LogP) is 19.7. The molecule has 0 amide bonds. The zero-order valence-electron chi connectivity index (χ0n) is 45.3. The van der Waals surface area contributed by atoms with Gasteiger partial charge in [0, 0.05) is 19.3 Å². The fourth-order valence-electron chi connectivity index (χ4n) is 9.20. The van der Waals surface area contributed by atoms with E-state index in [0.29, 0.717) is 19.3 Å². The molecule has 0 bridgehead atoms. The van der Waals surface area contributed by atoms with E-state index in [4.69, 9.17) is 14.2 Å². The van der Waals surface area contributed by atoms with Gasteiger partial charge in [-0.25, -0.2) is 0 Å². The molecule has 0 saturated heterocycles. The molecule has 2 atom stereocenters. The minimum atomic E-state index is -0.761. The summed E-state index contributed by atoms with van der Waals surface area (Å²) in [7, 11) is 0. The highest BCUT2D eigenvalue weighted by molar-refractivity contribution is 5.71. The summed E-state index contributed by atoms with van der Waals surface area (Å²) in [6, 6.07) is 0. The molecule has 392 valence electrons. The van der Waals surface area contributed by atoms with Crippen molar-refractivity contribution in [2.45, 2.75) is 343 Å². The highest BCUT2D eigenvalue weighted by Crippen LogP contribution is 2.19. The van der Waals surface area contributed by atoms with Gasteiger partial charge in [-0.05, 0) is 31.1 Å². The highest BCUT2D eigenvalue weighted by atomic mass is 16.6. The monoisotopic (exact) mass is 933 g/mol. The van der Waals surface area contributed by atoms with Crippen LogP contribution in [-0.2, 0) is 28.6 Å². The summed E-state index contributed by atoms with van der Waals surface area (Å²) in [6.45, 7) is 11.4. The van der Waals surface area contributed by atoms with Crippen LogP contribution < -0.4 is 0 Å². The van der Waals surface area contributed by atoms with Gasteiger partial charge >= 0.3 is 17.9 Å². The lowest BCUT2D eigenvalue weighted by molar-refractivity contribution is -0.167. The molecule has 0 fully saturated rings. The van der Waals surface area contributed by atoms with Crippen molar-refractivity contribution in [2.75, 3.05) is 13.2 Å². The topological polar surface area (TPSA) is 78.9 Å². The first-order chi connectivity index (χ1) is 32.3. The zero-order valence-corrected chi connectivity index (χ0v) is 45.3. The zero-order chi connectivity index (χ0) is 48.2. The average Bonchev–Trinajstić information content (AvgIpc) is 3.30. The molecule has 0 N–H and O–H groups in total. The van der Waals surface area contributed by atoms with Crippen molar-refractivity contribution >= 4 is 17.9 Å². The molecular formula is C60H116O6. The first kappa shape index (κ1) is 64.4. The number of esters is 3. The van der Waals surface area contributed by atoms with Crippen LogP contribution in [0.15, 0.2) is 0 Å². The molecule has 0 aliphatic heterocycles. The second-order valence-electron chi connectivity index (χ2n) is 21.4. The highest BCUT2D eigenvalue weighted by Gasteiger charge is 2.19. The van der Waals surface area contributed by atoms with Gasteiger partial charge in [0.05, 0.1) is 0 Å². The van der Waals surface area contributed by atoms with Crippen molar-refractivity contribution in [1.29, 1.82) is 0 Å². The molecule has 0 aromatic heterocycles. The lowest BCUT2D eigenvalue weighted by atomic mass is 9.99. The van der Waals surface area contributed by atoms with Crippen molar-refractivity contribution < 1.29 is 28.6 Å². The molecule has 0 radical (unpaired) electrons. The van der Waals surface area contributed by atoms with Crippen molar-refractivity contribution in [1.82, 2.24) is 0 Å². The number of carbonyl (C=O) groups excluding carboxylic acids is 3. The van der Waals surface area contributed by atoms with Gasteiger partial charge in [0.2, 0.25) is 0 Å². The Hall–Kier alpha value is -1.59. The first-order valence-electron chi connectivity index (χ1n) is 29.8. The Balaban J connectivity index is 4.11. The molecule has 6 heteroatoms. The van der Waals surface area contributed by atoms with E-state index < -0.39 is 6.10 Å². The molecule has 0 rings (SSSR count). The van der Waals surface area contributed by atoms with Crippen LogP contribution >= 0.6 is 0 Å². The third kappa shape index (κ3) is 51.8. The SMILES string of the molecule is CCCCCCCCCC(=O)OC[C@@H](COC(=O)CCCCCCCCCCCCCCCCCCC(C)C)OC(=O)CCCCCCCCCCCCCCCCCCCCC(C)CC. The van der Waals surface area contributed by atoms with Crippen LogP contribution in [0.4, 0.5) is 0 Å². The number of carbonyl (C=O) groups is 3. The van der Waals surface area contributed by atoms with Crippen molar-refractivity contribution in [2.24, 2.45) is 11.8 Å². The van der Waals surface area contributed by atoms with Gasteiger partial charge in [-0.15, -0.1) is 0 Å². The molecule has 0 aliphatic rings. The van der Waals surface area contributed by atoms with Gasteiger partial charge in [-0.2, -0.15) is 0 Å². The molecule has 6 nitrogen and oxygen atoms in total. The maximum Gasteiger partial charge on any atom is 0.306 e. The maximum absolute atomic E-state index is 12.8. The molecule has 1 unspecified atom stereocenters. The largest absolute Gasteiger partial charge is 0.462 e. The number of unbranched alkanes of at least 4 members (excludes halogenated alkanes) is 38. The summed E-state index contributed by atoms with van der Waals surface area (Å²) in [5.41, 5.74) is 0. The minimum Gasteiger partial charge on any atom is -0.462 e. The van der Waals surface area contributed by atoms with Crippen LogP contribution in [0.25, 0.3) is 0 Å². The Kier molecular flexibility index (Phi) is 51.5. The Labute approximate surface area is 412 Å². The maximum atomic E-state index is 12.8. The second kappa shape index (κ2) is 52.8. The van der Waals surface area contributed by atoms with Gasteiger partial charge in [0.15, 0.2) is 6.10 Å². The van der Waals surface area contributed by atoms with E-state index in [1.165, 1.54) is 225 Å². The molecule has 0 aliphatic carbocycles. The van der Waals surface area contributed by atoms with E-state index >= 15 is 0 Å². The number of ether oxygens (including phenoxy) is 3. The number of hydrogen-bond donors (Lipinski definition) is 0. The summed E-state index contributed by atoms with van der Waals surface area (Å²) < 4.78 is 16.8. The summed E-state index contributed by atoms with van der Waals surface area (Å²) in [5, 5.41) is 0. The van der Waals surface area contributed by atoms with Crippen LogP contribution in [-0.4, -0.2) is 37.2 Å². The Morgan fingerprint density at radius 3 is 0.864 bits per heavy atom. The van der Waals surface area contributed by atoms with Gasteiger partial charge in [-0.3, -0.25) is 14.4 Å². The van der Waals surface area contributed by atoms with E-state index in [1.54, 1.807) is 0 Å². The quantitative estimate of drug-likeness (QED) is 0.0343. The van der Waals surface area contributed by atoms with Crippen LogP contribution in [0.2, 0.25) is 0 Å². The van der Waals surface area contributed by atoms with E-state index in [-0.39, 0.29) is 31.1 Å². The molecule has 0 aromatic carbocycles.